The molecule has 7 rings (SSSR count). The fourth-order valence-electron chi connectivity index (χ4n) is 8.56. The molecule has 310 valence electrons. The Bertz CT molecular complexity index is 2300. The van der Waals surface area contributed by atoms with Crippen molar-refractivity contribution in [2.75, 3.05) is 33.9 Å². The van der Waals surface area contributed by atoms with Crippen LogP contribution >= 0.6 is 0 Å². The van der Waals surface area contributed by atoms with Gasteiger partial charge in [-0.2, -0.15) is 0 Å². The Morgan fingerprint density at radius 2 is 1.34 bits per heavy atom. The molecule has 0 saturated carbocycles. The molecule has 2 aliphatic rings. The zero-order valence-corrected chi connectivity index (χ0v) is 34.6. The fourth-order valence-corrected chi connectivity index (χ4v) is 8.56. The van der Waals surface area contributed by atoms with Crippen LogP contribution in [0.25, 0.3) is 44.4 Å². The molecule has 59 heavy (non-hydrogen) atoms. The highest BCUT2D eigenvalue weighted by Crippen LogP contribution is 2.39. The number of methoxy groups -OCH3 is 2. The van der Waals surface area contributed by atoms with E-state index in [1.54, 1.807) is 11.1 Å². The maximum Gasteiger partial charge on any atom is 0.407 e. The Morgan fingerprint density at radius 1 is 0.763 bits per heavy atom. The molecule has 2 aliphatic heterocycles. The van der Waals surface area contributed by atoms with Gasteiger partial charge in [0.2, 0.25) is 11.8 Å². The lowest BCUT2D eigenvalue weighted by Crippen LogP contribution is -2.51. The van der Waals surface area contributed by atoms with Gasteiger partial charge in [0.15, 0.2) is 0 Å². The summed E-state index contributed by atoms with van der Waals surface area (Å²) in [7, 11) is 2.57. The van der Waals surface area contributed by atoms with Crippen molar-refractivity contribution in [3.8, 4) is 33.6 Å². The number of aromatic amines is 2. The number of aromatic nitrogens is 4. The van der Waals surface area contributed by atoms with Crippen LogP contribution in [0.2, 0.25) is 0 Å². The molecule has 0 unspecified atom stereocenters. The standard InChI is InChI=1S/C45H54N8O6/c1-7-8-28-18-38(53(25-28)43(55)40(26(2)3)51-45(57)59-6)42-47-22-36(50-42)34-16-15-32-19-31(13-14-33(32)20-34)29-9-11-30(12-10-29)35-21-46-41(49-35)37-17-27(4)24-52(37)39(54)23-48-44(56)58-5/h9-16,19-22,26-28,37-38,40H,7-8,17-18,23-25H2,1-6H3,(H,46,49)(H,47,50)(H,48,56)(H,51,57)/t27-,28-,37+,38+,40+/m1/s1. The van der Waals surface area contributed by atoms with Crippen LogP contribution in [0.15, 0.2) is 73.1 Å². The third-order valence-corrected chi connectivity index (χ3v) is 11.7. The molecule has 4 heterocycles. The quantitative estimate of drug-likeness (QED) is 0.0997. The number of ether oxygens (including phenoxy) is 2. The van der Waals surface area contributed by atoms with Gasteiger partial charge in [-0.1, -0.05) is 82.6 Å². The van der Waals surface area contributed by atoms with Crippen molar-refractivity contribution in [3.63, 3.8) is 0 Å². The topological polar surface area (TPSA) is 175 Å². The van der Waals surface area contributed by atoms with Crippen LogP contribution in [0.5, 0.6) is 0 Å². The SMILES string of the molecule is CCC[C@@H]1C[C@@H](c2ncc(-c3ccc4cc(-c5ccc(-c6cnc([C@@H]7C[C@@H](C)CN7C(=O)CNC(=O)OC)[nH]6)cc5)ccc4c3)[nH]2)N(C(=O)[C@@H](NC(=O)OC)C(C)C)C1. The first-order valence-corrected chi connectivity index (χ1v) is 20.5. The molecule has 3 aromatic carbocycles. The number of nitrogens with one attached hydrogen (secondary N) is 4. The molecule has 14 heteroatoms. The molecule has 14 nitrogen and oxygen atoms in total. The minimum absolute atomic E-state index is 0.114. The number of likely N-dealkylation sites (tertiary alicyclic amines) is 2. The van der Waals surface area contributed by atoms with Crippen LogP contribution in [-0.2, 0) is 19.1 Å². The Labute approximate surface area is 344 Å². The first-order valence-electron chi connectivity index (χ1n) is 20.5. The van der Waals surface area contributed by atoms with Gasteiger partial charge in [0.05, 0.1) is 50.1 Å². The second-order valence-electron chi connectivity index (χ2n) is 16.2. The van der Waals surface area contributed by atoms with Gasteiger partial charge in [0.1, 0.15) is 24.2 Å². The summed E-state index contributed by atoms with van der Waals surface area (Å²) in [6.07, 6.45) is 6.01. The number of rotatable bonds is 12. The van der Waals surface area contributed by atoms with E-state index in [9.17, 15) is 19.2 Å². The van der Waals surface area contributed by atoms with Crippen LogP contribution in [0.1, 0.15) is 77.1 Å². The Kier molecular flexibility index (Phi) is 12.3. The molecule has 2 fully saturated rings. The van der Waals surface area contributed by atoms with E-state index >= 15 is 0 Å². The second-order valence-corrected chi connectivity index (χ2v) is 16.2. The van der Waals surface area contributed by atoms with Crippen LogP contribution in [0, 0.1) is 17.8 Å². The number of carbonyl (C=O) groups is 4. The number of hydrogen-bond acceptors (Lipinski definition) is 8. The molecule has 4 amide bonds. The van der Waals surface area contributed by atoms with Crippen molar-refractivity contribution in [2.24, 2.45) is 17.8 Å². The number of carbonyl (C=O) groups excluding carboxylic acids is 4. The molecule has 5 atom stereocenters. The van der Waals surface area contributed by atoms with Crippen molar-refractivity contribution in [3.05, 3.63) is 84.7 Å². The summed E-state index contributed by atoms with van der Waals surface area (Å²) in [5.41, 5.74) is 5.89. The minimum Gasteiger partial charge on any atom is -0.453 e. The summed E-state index contributed by atoms with van der Waals surface area (Å²) >= 11 is 0. The zero-order valence-electron chi connectivity index (χ0n) is 34.6. The molecular formula is C45H54N8O6. The summed E-state index contributed by atoms with van der Waals surface area (Å²) in [6, 6.07) is 20.0. The predicted molar refractivity (Wildman–Crippen MR) is 225 cm³/mol. The highest BCUT2D eigenvalue weighted by atomic mass is 16.5. The Balaban J connectivity index is 1.04. The third-order valence-electron chi connectivity index (χ3n) is 11.7. The van der Waals surface area contributed by atoms with Gasteiger partial charge in [0, 0.05) is 18.7 Å². The van der Waals surface area contributed by atoms with Gasteiger partial charge in [-0.3, -0.25) is 9.59 Å². The van der Waals surface area contributed by atoms with Crippen molar-refractivity contribution < 1.29 is 28.7 Å². The van der Waals surface area contributed by atoms with Gasteiger partial charge in [-0.05, 0) is 76.6 Å². The van der Waals surface area contributed by atoms with Gasteiger partial charge in [-0.25, -0.2) is 19.6 Å². The normalized spacial score (nSPS) is 19.6. The number of imidazole rings is 2. The summed E-state index contributed by atoms with van der Waals surface area (Å²) < 4.78 is 9.43. The Morgan fingerprint density at radius 3 is 1.97 bits per heavy atom. The number of nitrogens with zero attached hydrogens (tertiary/aromatic N) is 4. The van der Waals surface area contributed by atoms with E-state index in [4.69, 9.17) is 9.72 Å². The Hall–Kier alpha value is -6.18. The summed E-state index contributed by atoms with van der Waals surface area (Å²) in [5, 5.41) is 7.43. The number of amides is 4. The van der Waals surface area contributed by atoms with E-state index in [1.807, 2.05) is 24.9 Å². The molecule has 0 aliphatic carbocycles. The lowest BCUT2D eigenvalue weighted by molar-refractivity contribution is -0.135. The maximum absolute atomic E-state index is 13.9. The monoisotopic (exact) mass is 802 g/mol. The van der Waals surface area contributed by atoms with Gasteiger partial charge >= 0.3 is 12.2 Å². The number of benzene rings is 3. The van der Waals surface area contributed by atoms with E-state index < -0.39 is 18.2 Å². The van der Waals surface area contributed by atoms with Crippen LogP contribution in [-0.4, -0.2) is 93.6 Å². The highest BCUT2D eigenvalue weighted by molar-refractivity contribution is 5.91. The van der Waals surface area contributed by atoms with Gasteiger partial charge in [-0.15, -0.1) is 0 Å². The lowest BCUT2D eigenvalue weighted by atomic mass is 9.98. The molecule has 0 spiro atoms. The average molecular weight is 803 g/mol. The number of fused-ring (bicyclic) bond motifs is 1. The molecule has 0 bridgehead atoms. The maximum atomic E-state index is 13.9. The molecule has 2 aromatic heterocycles. The minimum atomic E-state index is -0.699. The molecular weight excluding hydrogens is 749 g/mol. The molecule has 2 saturated heterocycles. The zero-order chi connectivity index (χ0) is 41.8. The van der Waals surface area contributed by atoms with Crippen LogP contribution in [0.4, 0.5) is 9.59 Å². The summed E-state index contributed by atoms with van der Waals surface area (Å²) in [5.74, 6) is 1.70. The van der Waals surface area contributed by atoms with Crippen molar-refractivity contribution in [1.29, 1.82) is 0 Å². The van der Waals surface area contributed by atoms with Crippen LogP contribution in [0.3, 0.4) is 0 Å². The molecule has 4 N–H and O–H groups in total. The van der Waals surface area contributed by atoms with E-state index in [0.29, 0.717) is 24.9 Å². The number of alkyl carbamates (subject to hydrolysis) is 2. The van der Waals surface area contributed by atoms with Crippen molar-refractivity contribution in [2.45, 2.75) is 71.5 Å². The van der Waals surface area contributed by atoms with Gasteiger partial charge < -0.3 is 39.9 Å². The van der Waals surface area contributed by atoms with E-state index in [1.165, 1.54) is 14.2 Å². The number of H-pyrrole nitrogens is 2. The average Bonchev–Trinajstić information content (AvgIpc) is 4.08. The van der Waals surface area contributed by atoms with E-state index in [0.717, 1.165) is 81.7 Å². The third kappa shape index (κ3) is 8.96. The predicted octanol–water partition coefficient (Wildman–Crippen LogP) is 7.62. The van der Waals surface area contributed by atoms with Gasteiger partial charge in [0.25, 0.3) is 0 Å². The second kappa shape index (κ2) is 17.8. The number of hydrogen-bond donors (Lipinski definition) is 4. The lowest BCUT2D eigenvalue weighted by Gasteiger charge is -2.30. The first-order chi connectivity index (χ1) is 28.5. The van der Waals surface area contributed by atoms with E-state index in [2.05, 4.69) is 105 Å². The highest BCUT2D eigenvalue weighted by Gasteiger charge is 2.41. The first kappa shape index (κ1) is 41.0. The molecule has 5 aromatic rings. The fraction of sp³-hybridized carbons (Fsp3) is 0.422. The largest absolute Gasteiger partial charge is 0.453 e. The summed E-state index contributed by atoms with van der Waals surface area (Å²) in [4.78, 5) is 70.6. The van der Waals surface area contributed by atoms with Crippen molar-refractivity contribution >= 4 is 34.8 Å². The van der Waals surface area contributed by atoms with Crippen molar-refractivity contribution in [1.82, 2.24) is 40.4 Å². The molecule has 0 radical (unpaired) electrons. The summed E-state index contributed by atoms with van der Waals surface area (Å²) in [6.45, 7) is 9.18. The van der Waals surface area contributed by atoms with E-state index in [-0.39, 0.29) is 36.4 Å². The van der Waals surface area contributed by atoms with Crippen LogP contribution < -0.4 is 10.6 Å². The smallest absolute Gasteiger partial charge is 0.407 e.